The van der Waals surface area contributed by atoms with Crippen LogP contribution in [-0.2, 0) is 9.53 Å². The number of nitrogens with one attached hydrogen (secondary N) is 1. The number of hydrogen-bond donors (Lipinski definition) is 1. The molecule has 0 fully saturated rings. The van der Waals surface area contributed by atoms with Crippen LogP contribution in [-0.4, -0.2) is 18.6 Å². The smallest absolute Gasteiger partial charge is 0.331 e. The predicted molar refractivity (Wildman–Crippen MR) is 79.6 cm³/mol. The maximum atomic E-state index is 12.2. The van der Waals surface area contributed by atoms with Crippen LogP contribution in [0.3, 0.4) is 0 Å². The number of ether oxygens (including phenoxy) is 1. The van der Waals surface area contributed by atoms with Crippen LogP contribution in [0.15, 0.2) is 24.3 Å². The summed E-state index contributed by atoms with van der Waals surface area (Å²) in [5.41, 5.74) is 0.0722. The zero-order valence-electron chi connectivity index (χ0n) is 11.8. The number of para-hydroxylation sites is 1. The van der Waals surface area contributed by atoms with Crippen LogP contribution in [0, 0.1) is 0 Å². The highest BCUT2D eigenvalue weighted by Crippen LogP contribution is 2.30. The second-order valence-electron chi connectivity index (χ2n) is 4.64. The van der Waals surface area contributed by atoms with E-state index in [-0.39, 0.29) is 5.97 Å². The van der Waals surface area contributed by atoms with Crippen LogP contribution in [0.25, 0.3) is 0 Å². The number of rotatable bonds is 7. The summed E-state index contributed by atoms with van der Waals surface area (Å²) in [6.45, 7) is 4.09. The van der Waals surface area contributed by atoms with Crippen molar-refractivity contribution in [1.82, 2.24) is 0 Å². The molecule has 0 aliphatic carbocycles. The van der Waals surface area contributed by atoms with E-state index in [0.29, 0.717) is 11.4 Å². The van der Waals surface area contributed by atoms with Crippen molar-refractivity contribution in [3.8, 4) is 0 Å². The first-order chi connectivity index (χ1) is 9.09. The lowest BCUT2D eigenvalue weighted by Crippen LogP contribution is -2.46. The molecule has 106 valence electrons. The fourth-order valence-corrected chi connectivity index (χ4v) is 2.30. The van der Waals surface area contributed by atoms with Gasteiger partial charge in [-0.3, -0.25) is 0 Å². The number of unbranched alkanes of at least 4 members (excludes halogenated alkanes) is 1. The molecular weight excluding hydrogens is 262 g/mol. The number of carbonyl (C=O) groups is 1. The molecule has 0 spiro atoms. The van der Waals surface area contributed by atoms with E-state index in [2.05, 4.69) is 12.2 Å². The minimum Gasteiger partial charge on any atom is -0.467 e. The Morgan fingerprint density at radius 1 is 1.37 bits per heavy atom. The van der Waals surface area contributed by atoms with E-state index in [9.17, 15) is 4.79 Å². The van der Waals surface area contributed by atoms with Gasteiger partial charge in [0, 0.05) is 0 Å². The molecule has 1 atom stereocenters. The van der Waals surface area contributed by atoms with Gasteiger partial charge in [-0.25, -0.2) is 4.79 Å². The van der Waals surface area contributed by atoms with Crippen molar-refractivity contribution in [3.05, 3.63) is 29.3 Å². The predicted octanol–water partition coefficient (Wildman–Crippen LogP) is 4.26. The molecule has 1 rings (SSSR count). The Morgan fingerprint density at radius 2 is 2.05 bits per heavy atom. The standard InChI is InChI=1S/C15H22ClNO2/c1-4-6-11-15(5-2,14(18)19-3)17-13-10-8-7-9-12(13)16/h7-10,17H,4-6,11H2,1-3H3. The minimum atomic E-state index is -0.699. The number of benzene rings is 1. The fraction of sp³-hybridized carbons (Fsp3) is 0.533. The Kier molecular flexibility index (Phi) is 6.16. The third-order valence-corrected chi connectivity index (χ3v) is 3.71. The van der Waals surface area contributed by atoms with Crippen molar-refractivity contribution in [1.29, 1.82) is 0 Å². The highest BCUT2D eigenvalue weighted by Gasteiger charge is 2.37. The van der Waals surface area contributed by atoms with Gasteiger partial charge >= 0.3 is 5.97 Å². The maximum Gasteiger partial charge on any atom is 0.331 e. The van der Waals surface area contributed by atoms with E-state index < -0.39 is 5.54 Å². The molecule has 3 nitrogen and oxygen atoms in total. The molecule has 0 amide bonds. The molecule has 1 unspecified atom stereocenters. The Hall–Kier alpha value is -1.22. The van der Waals surface area contributed by atoms with Gasteiger partial charge in [-0.05, 0) is 25.0 Å². The SMILES string of the molecule is CCCCC(CC)(Nc1ccccc1Cl)C(=O)OC. The summed E-state index contributed by atoms with van der Waals surface area (Å²) in [4.78, 5) is 12.2. The van der Waals surface area contributed by atoms with Crippen LogP contribution in [0.5, 0.6) is 0 Å². The number of anilines is 1. The topological polar surface area (TPSA) is 38.3 Å². The van der Waals surface area contributed by atoms with Crippen molar-refractivity contribution in [2.24, 2.45) is 0 Å². The molecule has 1 N–H and O–H groups in total. The fourth-order valence-electron chi connectivity index (χ4n) is 2.12. The average molecular weight is 284 g/mol. The average Bonchev–Trinajstić information content (AvgIpc) is 2.44. The molecule has 0 radical (unpaired) electrons. The van der Waals surface area contributed by atoms with E-state index in [1.54, 1.807) is 6.07 Å². The number of carbonyl (C=O) groups excluding carboxylic acids is 1. The van der Waals surface area contributed by atoms with Gasteiger partial charge in [0.05, 0.1) is 17.8 Å². The van der Waals surface area contributed by atoms with Gasteiger partial charge < -0.3 is 10.1 Å². The summed E-state index contributed by atoms with van der Waals surface area (Å²) >= 11 is 6.15. The van der Waals surface area contributed by atoms with Gasteiger partial charge in [-0.1, -0.05) is 50.4 Å². The Balaban J connectivity index is 3.02. The van der Waals surface area contributed by atoms with Crippen molar-refractivity contribution >= 4 is 23.3 Å². The summed E-state index contributed by atoms with van der Waals surface area (Å²) in [5.74, 6) is -0.233. The Labute approximate surface area is 120 Å². The maximum absolute atomic E-state index is 12.2. The van der Waals surface area contributed by atoms with E-state index in [1.807, 2.05) is 25.1 Å². The van der Waals surface area contributed by atoms with Gasteiger partial charge in [0.1, 0.15) is 5.54 Å². The molecular formula is C15H22ClNO2. The lowest BCUT2D eigenvalue weighted by molar-refractivity contribution is -0.146. The van der Waals surface area contributed by atoms with Crippen molar-refractivity contribution in [2.45, 2.75) is 45.1 Å². The van der Waals surface area contributed by atoms with Gasteiger partial charge in [-0.2, -0.15) is 0 Å². The van der Waals surface area contributed by atoms with Gasteiger partial charge in [0.2, 0.25) is 0 Å². The summed E-state index contributed by atoms with van der Waals surface area (Å²) in [7, 11) is 1.42. The normalized spacial score (nSPS) is 13.7. The Bertz CT molecular complexity index is 422. The van der Waals surface area contributed by atoms with Crippen molar-refractivity contribution in [3.63, 3.8) is 0 Å². The zero-order valence-corrected chi connectivity index (χ0v) is 12.6. The summed E-state index contributed by atoms with van der Waals surface area (Å²) in [6.07, 6.45) is 3.38. The van der Waals surface area contributed by atoms with Crippen LogP contribution < -0.4 is 5.32 Å². The van der Waals surface area contributed by atoms with Crippen molar-refractivity contribution < 1.29 is 9.53 Å². The second-order valence-corrected chi connectivity index (χ2v) is 5.04. The van der Waals surface area contributed by atoms with E-state index >= 15 is 0 Å². The largest absolute Gasteiger partial charge is 0.467 e. The first-order valence-corrected chi connectivity index (χ1v) is 7.08. The number of esters is 1. The monoisotopic (exact) mass is 283 g/mol. The van der Waals surface area contributed by atoms with Crippen LogP contribution >= 0.6 is 11.6 Å². The van der Waals surface area contributed by atoms with E-state index in [1.165, 1.54) is 7.11 Å². The molecule has 0 aliphatic heterocycles. The summed E-state index contributed by atoms with van der Waals surface area (Å²) in [6, 6.07) is 7.44. The van der Waals surface area contributed by atoms with Crippen LogP contribution in [0.2, 0.25) is 5.02 Å². The number of methoxy groups -OCH3 is 1. The zero-order chi connectivity index (χ0) is 14.3. The minimum absolute atomic E-state index is 0.233. The van der Waals surface area contributed by atoms with E-state index in [0.717, 1.165) is 24.9 Å². The second kappa shape index (κ2) is 7.39. The lowest BCUT2D eigenvalue weighted by Gasteiger charge is -2.32. The lowest BCUT2D eigenvalue weighted by atomic mass is 9.89. The van der Waals surface area contributed by atoms with Gasteiger partial charge in [0.25, 0.3) is 0 Å². The number of halogens is 1. The molecule has 4 heteroatoms. The molecule has 0 saturated carbocycles. The number of hydrogen-bond acceptors (Lipinski definition) is 3. The summed E-state index contributed by atoms with van der Waals surface area (Å²) < 4.78 is 4.97. The molecule has 0 bridgehead atoms. The molecule has 19 heavy (non-hydrogen) atoms. The first kappa shape index (κ1) is 15.8. The first-order valence-electron chi connectivity index (χ1n) is 6.70. The van der Waals surface area contributed by atoms with Gasteiger partial charge in [0.15, 0.2) is 0 Å². The van der Waals surface area contributed by atoms with Crippen LogP contribution in [0.1, 0.15) is 39.5 Å². The Morgan fingerprint density at radius 3 is 2.58 bits per heavy atom. The quantitative estimate of drug-likeness (QED) is 0.760. The molecule has 1 aromatic carbocycles. The highest BCUT2D eigenvalue weighted by atomic mass is 35.5. The third-order valence-electron chi connectivity index (χ3n) is 3.38. The summed E-state index contributed by atoms with van der Waals surface area (Å²) in [5, 5.41) is 3.90. The molecule has 0 saturated heterocycles. The molecule has 0 aliphatic rings. The molecule has 0 aromatic heterocycles. The third kappa shape index (κ3) is 3.87. The van der Waals surface area contributed by atoms with Crippen LogP contribution in [0.4, 0.5) is 5.69 Å². The molecule has 1 aromatic rings. The van der Waals surface area contributed by atoms with Gasteiger partial charge in [-0.15, -0.1) is 0 Å². The van der Waals surface area contributed by atoms with Crippen molar-refractivity contribution in [2.75, 3.05) is 12.4 Å². The van der Waals surface area contributed by atoms with E-state index in [4.69, 9.17) is 16.3 Å². The highest BCUT2D eigenvalue weighted by molar-refractivity contribution is 6.33. The molecule has 0 heterocycles.